The fraction of sp³-hybridized carbons (Fsp3) is 0.702. The Morgan fingerprint density at radius 3 is 1.02 bits per heavy atom. The van der Waals surface area contributed by atoms with Crippen molar-refractivity contribution in [2.45, 2.75) is 245 Å². The van der Waals surface area contributed by atoms with Crippen molar-refractivity contribution in [2.75, 3.05) is 13.2 Å². The molecule has 0 aliphatic carbocycles. The smallest absolute Gasteiger partial charge is 0.306 e. The monoisotopic (exact) mass is 877 g/mol. The Kier molecular flexibility index (Phi) is 48.5. The highest BCUT2D eigenvalue weighted by Crippen LogP contribution is 2.14. The molecular weight excluding hydrogens is 781 g/mol. The third kappa shape index (κ3) is 49.5. The third-order valence-corrected chi connectivity index (χ3v) is 10.9. The van der Waals surface area contributed by atoms with Gasteiger partial charge in [0, 0.05) is 19.3 Å². The summed E-state index contributed by atoms with van der Waals surface area (Å²) in [5.74, 6) is -0.940. The van der Waals surface area contributed by atoms with Gasteiger partial charge in [-0.2, -0.15) is 0 Å². The quantitative estimate of drug-likeness (QED) is 0.0262. The van der Waals surface area contributed by atoms with Crippen molar-refractivity contribution in [1.29, 1.82) is 0 Å². The molecule has 360 valence electrons. The Morgan fingerprint density at radius 2 is 0.619 bits per heavy atom. The van der Waals surface area contributed by atoms with Crippen LogP contribution in [0.2, 0.25) is 0 Å². The molecule has 6 heteroatoms. The average Bonchev–Trinajstić information content (AvgIpc) is 3.28. The molecule has 1 atom stereocenters. The van der Waals surface area contributed by atoms with Gasteiger partial charge in [0.2, 0.25) is 0 Å². The molecule has 0 aliphatic rings. The highest BCUT2D eigenvalue weighted by molar-refractivity contribution is 5.71. The van der Waals surface area contributed by atoms with E-state index in [-0.39, 0.29) is 31.1 Å². The van der Waals surface area contributed by atoms with Gasteiger partial charge in [0.1, 0.15) is 13.2 Å². The molecule has 0 aliphatic heterocycles. The Labute approximate surface area is 388 Å². The zero-order chi connectivity index (χ0) is 45.8. The van der Waals surface area contributed by atoms with Crippen molar-refractivity contribution in [2.24, 2.45) is 0 Å². The Hall–Kier alpha value is -3.41. The highest BCUT2D eigenvalue weighted by atomic mass is 16.6. The summed E-state index contributed by atoms with van der Waals surface area (Å²) in [5.41, 5.74) is 0. The van der Waals surface area contributed by atoms with E-state index in [0.717, 1.165) is 122 Å². The van der Waals surface area contributed by atoms with Gasteiger partial charge >= 0.3 is 17.9 Å². The molecule has 0 saturated heterocycles. The van der Waals surface area contributed by atoms with Gasteiger partial charge in [0.25, 0.3) is 0 Å². The summed E-state index contributed by atoms with van der Waals surface area (Å²) in [6.45, 7) is 6.45. The Bertz CT molecular complexity index is 1240. The molecule has 0 aromatic rings. The van der Waals surface area contributed by atoms with Gasteiger partial charge in [0.05, 0.1) is 0 Å². The van der Waals surface area contributed by atoms with Gasteiger partial charge in [0.15, 0.2) is 6.10 Å². The number of ether oxygens (including phenoxy) is 3. The van der Waals surface area contributed by atoms with Crippen LogP contribution in [0, 0.1) is 0 Å². The van der Waals surface area contributed by atoms with Gasteiger partial charge in [-0.3, -0.25) is 14.4 Å². The SMILES string of the molecule is CC/C=C\C/C=C\C/C=C\C/C=C\C/C=C\CCCCCC(=O)OCC(COC(=O)CCCCCCCCCCCCC)OC(=O)CCCCCCC/C=C\C/C=C\CCCCC. The molecule has 0 radical (unpaired) electrons. The van der Waals surface area contributed by atoms with E-state index in [1.807, 2.05) is 0 Å². The van der Waals surface area contributed by atoms with Crippen molar-refractivity contribution in [3.05, 3.63) is 85.1 Å². The Morgan fingerprint density at radius 1 is 0.333 bits per heavy atom. The van der Waals surface area contributed by atoms with E-state index in [9.17, 15) is 14.4 Å². The topological polar surface area (TPSA) is 78.9 Å². The summed E-state index contributed by atoms with van der Waals surface area (Å²) in [7, 11) is 0. The van der Waals surface area contributed by atoms with Gasteiger partial charge in [-0.1, -0.05) is 209 Å². The second-order valence-electron chi connectivity index (χ2n) is 17.1. The summed E-state index contributed by atoms with van der Waals surface area (Å²) in [6, 6.07) is 0. The molecular formula is C57H96O6. The lowest BCUT2D eigenvalue weighted by molar-refractivity contribution is -0.167. The molecule has 0 rings (SSSR count). The largest absolute Gasteiger partial charge is 0.462 e. The van der Waals surface area contributed by atoms with E-state index < -0.39 is 6.10 Å². The van der Waals surface area contributed by atoms with Gasteiger partial charge in [-0.25, -0.2) is 0 Å². The van der Waals surface area contributed by atoms with Crippen molar-refractivity contribution in [3.63, 3.8) is 0 Å². The first-order valence-corrected chi connectivity index (χ1v) is 26.1. The first-order valence-electron chi connectivity index (χ1n) is 26.1. The van der Waals surface area contributed by atoms with E-state index in [0.29, 0.717) is 19.3 Å². The number of carbonyl (C=O) groups excluding carboxylic acids is 3. The van der Waals surface area contributed by atoms with Crippen molar-refractivity contribution in [1.82, 2.24) is 0 Å². The number of carbonyl (C=O) groups is 3. The van der Waals surface area contributed by atoms with Crippen molar-refractivity contribution >= 4 is 17.9 Å². The van der Waals surface area contributed by atoms with Crippen LogP contribution in [-0.4, -0.2) is 37.2 Å². The minimum Gasteiger partial charge on any atom is -0.462 e. The number of unbranched alkanes of at least 4 members (excludes halogenated alkanes) is 21. The summed E-state index contributed by atoms with van der Waals surface area (Å²) in [5, 5.41) is 0. The summed E-state index contributed by atoms with van der Waals surface area (Å²) >= 11 is 0. The summed E-state index contributed by atoms with van der Waals surface area (Å²) < 4.78 is 16.8. The highest BCUT2D eigenvalue weighted by Gasteiger charge is 2.19. The number of hydrogen-bond donors (Lipinski definition) is 0. The molecule has 0 fully saturated rings. The number of allylic oxidation sites excluding steroid dienone is 14. The zero-order valence-electron chi connectivity index (χ0n) is 41.1. The predicted molar refractivity (Wildman–Crippen MR) is 270 cm³/mol. The van der Waals surface area contributed by atoms with E-state index >= 15 is 0 Å². The maximum atomic E-state index is 12.8. The molecule has 1 unspecified atom stereocenters. The van der Waals surface area contributed by atoms with Crippen LogP contribution in [-0.2, 0) is 28.6 Å². The summed E-state index contributed by atoms with van der Waals surface area (Å²) in [6.07, 6.45) is 65.6. The van der Waals surface area contributed by atoms with E-state index in [1.54, 1.807) is 0 Å². The number of rotatable bonds is 46. The minimum atomic E-state index is -0.795. The van der Waals surface area contributed by atoms with Gasteiger partial charge in [-0.05, 0) is 96.3 Å². The normalized spacial score (nSPS) is 12.7. The second-order valence-corrected chi connectivity index (χ2v) is 17.1. The molecule has 0 bridgehead atoms. The molecule has 0 heterocycles. The minimum absolute atomic E-state index is 0.0920. The summed E-state index contributed by atoms with van der Waals surface area (Å²) in [4.78, 5) is 38.0. The lowest BCUT2D eigenvalue weighted by atomic mass is 10.1. The molecule has 0 saturated carbocycles. The number of hydrogen-bond acceptors (Lipinski definition) is 6. The number of esters is 3. The van der Waals surface area contributed by atoms with Crippen LogP contribution in [0.4, 0.5) is 0 Å². The Balaban J connectivity index is 4.45. The van der Waals surface area contributed by atoms with Crippen LogP contribution in [0.5, 0.6) is 0 Å². The molecule has 0 spiro atoms. The lowest BCUT2D eigenvalue weighted by Gasteiger charge is -2.18. The zero-order valence-corrected chi connectivity index (χ0v) is 41.1. The maximum Gasteiger partial charge on any atom is 0.306 e. The van der Waals surface area contributed by atoms with Crippen LogP contribution < -0.4 is 0 Å². The standard InChI is InChI=1S/C57H96O6/c1-4-7-10-13-16-19-22-24-26-27-28-29-31-32-35-38-41-44-47-50-56(59)62-53-54(52-61-55(58)49-46-43-40-37-34-21-18-15-12-9-6-3)63-57(60)51-48-45-42-39-36-33-30-25-23-20-17-14-11-8-5-2/h7,10,16-17,19-20,24-26,28-30,32,35,54H,4-6,8-9,11-15,18,21-23,27,31,33-34,36-53H2,1-3H3/b10-7-,19-16-,20-17-,26-24-,29-28-,30-25-,35-32-. The third-order valence-electron chi connectivity index (χ3n) is 10.9. The van der Waals surface area contributed by atoms with E-state index in [2.05, 4.69) is 106 Å². The van der Waals surface area contributed by atoms with Crippen LogP contribution in [0.1, 0.15) is 239 Å². The lowest BCUT2D eigenvalue weighted by Crippen LogP contribution is -2.30. The second kappa shape index (κ2) is 51.2. The molecule has 63 heavy (non-hydrogen) atoms. The van der Waals surface area contributed by atoms with E-state index in [1.165, 1.54) is 77.0 Å². The first-order chi connectivity index (χ1) is 31.0. The van der Waals surface area contributed by atoms with Crippen LogP contribution in [0.3, 0.4) is 0 Å². The molecule has 0 amide bonds. The van der Waals surface area contributed by atoms with Gasteiger partial charge < -0.3 is 14.2 Å². The van der Waals surface area contributed by atoms with Crippen molar-refractivity contribution < 1.29 is 28.6 Å². The molecule has 0 aromatic heterocycles. The average molecular weight is 877 g/mol. The predicted octanol–water partition coefficient (Wildman–Crippen LogP) is 17.2. The first kappa shape index (κ1) is 59.6. The molecule has 6 nitrogen and oxygen atoms in total. The van der Waals surface area contributed by atoms with E-state index in [4.69, 9.17) is 14.2 Å². The van der Waals surface area contributed by atoms with Crippen LogP contribution >= 0.6 is 0 Å². The van der Waals surface area contributed by atoms with Gasteiger partial charge in [-0.15, -0.1) is 0 Å². The fourth-order valence-electron chi connectivity index (χ4n) is 6.97. The maximum absolute atomic E-state index is 12.8. The molecule has 0 aromatic carbocycles. The fourth-order valence-corrected chi connectivity index (χ4v) is 6.97. The van der Waals surface area contributed by atoms with Crippen LogP contribution in [0.25, 0.3) is 0 Å². The molecule has 0 N–H and O–H groups in total. The van der Waals surface area contributed by atoms with Crippen molar-refractivity contribution in [3.8, 4) is 0 Å². The van der Waals surface area contributed by atoms with Crippen LogP contribution in [0.15, 0.2) is 85.1 Å².